The zero-order valence-electron chi connectivity index (χ0n) is 13.0. The fourth-order valence-corrected chi connectivity index (χ4v) is 2.87. The van der Waals surface area contributed by atoms with Crippen molar-refractivity contribution in [3.05, 3.63) is 24.2 Å². The van der Waals surface area contributed by atoms with E-state index in [-0.39, 0.29) is 17.9 Å². The Labute approximate surface area is 125 Å². The van der Waals surface area contributed by atoms with Crippen molar-refractivity contribution in [2.75, 3.05) is 13.1 Å². The van der Waals surface area contributed by atoms with Gasteiger partial charge in [0.25, 0.3) is 0 Å². The molecule has 21 heavy (non-hydrogen) atoms. The lowest BCUT2D eigenvalue weighted by atomic mass is 10.1. The summed E-state index contributed by atoms with van der Waals surface area (Å²) in [5, 5.41) is 0. The number of amides is 2. The minimum absolute atomic E-state index is 0.0201. The second kappa shape index (κ2) is 6.78. The normalized spacial score (nSPS) is 18.3. The molecule has 1 aromatic rings. The lowest BCUT2D eigenvalue weighted by Gasteiger charge is -2.30. The summed E-state index contributed by atoms with van der Waals surface area (Å²) in [6.07, 6.45) is 3.27. The van der Waals surface area contributed by atoms with Gasteiger partial charge in [-0.3, -0.25) is 9.59 Å². The van der Waals surface area contributed by atoms with Gasteiger partial charge in [-0.1, -0.05) is 13.8 Å². The average molecular weight is 292 g/mol. The quantitative estimate of drug-likeness (QED) is 0.836. The van der Waals surface area contributed by atoms with Crippen LogP contribution in [0.5, 0.6) is 0 Å². The van der Waals surface area contributed by atoms with Crippen molar-refractivity contribution in [2.24, 2.45) is 5.92 Å². The van der Waals surface area contributed by atoms with Crippen molar-refractivity contribution >= 4 is 11.8 Å². The molecule has 0 aliphatic carbocycles. The average Bonchev–Trinajstić information content (AvgIpc) is 3.07. The first-order valence-corrected chi connectivity index (χ1v) is 7.57. The Morgan fingerprint density at radius 3 is 2.81 bits per heavy atom. The lowest BCUT2D eigenvalue weighted by Crippen LogP contribution is -2.47. The van der Waals surface area contributed by atoms with E-state index in [4.69, 9.17) is 4.42 Å². The molecular formula is C16H24N2O3. The van der Waals surface area contributed by atoms with Gasteiger partial charge in [0.2, 0.25) is 11.8 Å². The Morgan fingerprint density at radius 2 is 2.24 bits per heavy atom. The van der Waals surface area contributed by atoms with Crippen LogP contribution in [0.3, 0.4) is 0 Å². The second-order valence-corrected chi connectivity index (χ2v) is 6.06. The molecule has 5 heteroatoms. The molecule has 0 spiro atoms. The number of furan rings is 1. The number of rotatable bonds is 5. The number of carbonyl (C=O) groups excluding carboxylic acids is 2. The first kappa shape index (κ1) is 15.6. The molecule has 0 bridgehead atoms. The number of hydrogen-bond acceptors (Lipinski definition) is 3. The van der Waals surface area contributed by atoms with Gasteiger partial charge < -0.3 is 14.2 Å². The fourth-order valence-electron chi connectivity index (χ4n) is 2.87. The molecule has 1 aliphatic heterocycles. The van der Waals surface area contributed by atoms with Gasteiger partial charge in [-0.15, -0.1) is 0 Å². The van der Waals surface area contributed by atoms with Crippen molar-refractivity contribution in [3.63, 3.8) is 0 Å². The van der Waals surface area contributed by atoms with Crippen LogP contribution < -0.4 is 0 Å². The van der Waals surface area contributed by atoms with Crippen LogP contribution in [0.25, 0.3) is 0 Å². The molecule has 2 amide bonds. The molecule has 5 nitrogen and oxygen atoms in total. The lowest BCUT2D eigenvalue weighted by molar-refractivity contribution is -0.143. The zero-order valence-corrected chi connectivity index (χ0v) is 13.0. The first-order chi connectivity index (χ1) is 9.99. The Hall–Kier alpha value is -1.78. The van der Waals surface area contributed by atoms with Crippen LogP contribution >= 0.6 is 0 Å². The van der Waals surface area contributed by atoms with Crippen molar-refractivity contribution in [3.8, 4) is 0 Å². The Bertz CT molecular complexity index is 482. The third-order valence-corrected chi connectivity index (χ3v) is 3.77. The molecule has 2 rings (SSSR count). The number of hydrogen-bond donors (Lipinski definition) is 0. The smallest absolute Gasteiger partial charge is 0.245 e. The topological polar surface area (TPSA) is 53.8 Å². The summed E-state index contributed by atoms with van der Waals surface area (Å²) in [5.41, 5.74) is 0. The van der Waals surface area contributed by atoms with Gasteiger partial charge in [-0.05, 0) is 30.9 Å². The van der Waals surface area contributed by atoms with Crippen molar-refractivity contribution in [2.45, 2.75) is 46.2 Å². The van der Waals surface area contributed by atoms with Crippen LogP contribution in [-0.2, 0) is 16.1 Å². The summed E-state index contributed by atoms with van der Waals surface area (Å²) in [4.78, 5) is 28.0. The molecule has 1 aliphatic rings. The SMILES string of the molecule is CC(=O)N1CCCC1C(=O)N(Cc1ccco1)CC(C)C. The van der Waals surface area contributed by atoms with Gasteiger partial charge in [0.1, 0.15) is 11.8 Å². The van der Waals surface area contributed by atoms with E-state index in [1.54, 1.807) is 11.2 Å². The second-order valence-electron chi connectivity index (χ2n) is 6.06. The maximum atomic E-state index is 12.8. The molecule has 1 unspecified atom stereocenters. The van der Waals surface area contributed by atoms with Crippen molar-refractivity contribution in [1.82, 2.24) is 9.80 Å². The van der Waals surface area contributed by atoms with E-state index in [2.05, 4.69) is 13.8 Å². The maximum absolute atomic E-state index is 12.8. The summed E-state index contributed by atoms with van der Waals surface area (Å²) in [6.45, 7) is 7.51. The Balaban J connectivity index is 2.11. The third kappa shape index (κ3) is 3.86. The molecule has 2 heterocycles. The highest BCUT2D eigenvalue weighted by molar-refractivity contribution is 5.87. The van der Waals surface area contributed by atoms with E-state index in [0.29, 0.717) is 25.6 Å². The summed E-state index contributed by atoms with van der Waals surface area (Å²) < 4.78 is 5.36. The standard InChI is InChI=1S/C16H24N2O3/c1-12(2)10-17(11-14-6-5-9-21-14)16(20)15-7-4-8-18(15)13(3)19/h5-6,9,12,15H,4,7-8,10-11H2,1-3H3. The van der Waals surface area contributed by atoms with E-state index in [1.807, 2.05) is 17.0 Å². The molecule has 1 saturated heterocycles. The Morgan fingerprint density at radius 1 is 1.48 bits per heavy atom. The highest BCUT2D eigenvalue weighted by atomic mass is 16.3. The number of nitrogens with zero attached hydrogens (tertiary/aromatic N) is 2. The van der Waals surface area contributed by atoms with Gasteiger partial charge in [0.05, 0.1) is 12.8 Å². The molecule has 0 radical (unpaired) electrons. The predicted molar refractivity (Wildman–Crippen MR) is 79.4 cm³/mol. The van der Waals surface area contributed by atoms with Crippen LogP contribution in [0, 0.1) is 5.92 Å². The molecule has 1 fully saturated rings. The first-order valence-electron chi connectivity index (χ1n) is 7.57. The third-order valence-electron chi connectivity index (χ3n) is 3.77. The highest BCUT2D eigenvalue weighted by Gasteiger charge is 2.35. The molecule has 0 N–H and O–H groups in total. The van der Waals surface area contributed by atoms with E-state index >= 15 is 0 Å². The largest absolute Gasteiger partial charge is 0.467 e. The van der Waals surface area contributed by atoms with Crippen LogP contribution in [0.15, 0.2) is 22.8 Å². The van der Waals surface area contributed by atoms with E-state index < -0.39 is 0 Å². The van der Waals surface area contributed by atoms with Crippen LogP contribution in [-0.4, -0.2) is 40.7 Å². The molecule has 0 aromatic carbocycles. The van der Waals surface area contributed by atoms with Crippen LogP contribution in [0.2, 0.25) is 0 Å². The molecule has 1 aromatic heterocycles. The molecular weight excluding hydrogens is 268 g/mol. The summed E-state index contributed by atoms with van der Waals surface area (Å²) in [5.74, 6) is 1.16. The van der Waals surface area contributed by atoms with Crippen LogP contribution in [0.4, 0.5) is 0 Å². The molecule has 0 saturated carbocycles. The molecule has 116 valence electrons. The van der Waals surface area contributed by atoms with E-state index in [0.717, 1.165) is 18.6 Å². The van der Waals surface area contributed by atoms with Crippen molar-refractivity contribution < 1.29 is 14.0 Å². The zero-order chi connectivity index (χ0) is 15.4. The van der Waals surface area contributed by atoms with Gasteiger partial charge in [0, 0.05) is 20.0 Å². The van der Waals surface area contributed by atoms with E-state index in [1.165, 1.54) is 6.92 Å². The van der Waals surface area contributed by atoms with Gasteiger partial charge in [-0.2, -0.15) is 0 Å². The van der Waals surface area contributed by atoms with Crippen molar-refractivity contribution in [1.29, 1.82) is 0 Å². The minimum atomic E-state index is -0.309. The number of carbonyl (C=O) groups is 2. The summed E-state index contributed by atoms with van der Waals surface area (Å²) >= 11 is 0. The monoisotopic (exact) mass is 292 g/mol. The number of likely N-dealkylation sites (tertiary alicyclic amines) is 1. The predicted octanol–water partition coefficient (Wildman–Crippen LogP) is 2.28. The maximum Gasteiger partial charge on any atom is 0.245 e. The Kier molecular flexibility index (Phi) is 5.04. The van der Waals surface area contributed by atoms with Crippen LogP contribution in [0.1, 0.15) is 39.4 Å². The summed E-state index contributed by atoms with van der Waals surface area (Å²) in [7, 11) is 0. The molecule has 1 atom stereocenters. The van der Waals surface area contributed by atoms with Gasteiger partial charge in [-0.25, -0.2) is 0 Å². The van der Waals surface area contributed by atoms with E-state index in [9.17, 15) is 9.59 Å². The summed E-state index contributed by atoms with van der Waals surface area (Å²) in [6, 6.07) is 3.39. The fraction of sp³-hybridized carbons (Fsp3) is 0.625. The minimum Gasteiger partial charge on any atom is -0.467 e. The van der Waals surface area contributed by atoms with Gasteiger partial charge in [0.15, 0.2) is 0 Å². The highest BCUT2D eigenvalue weighted by Crippen LogP contribution is 2.21. The van der Waals surface area contributed by atoms with Gasteiger partial charge >= 0.3 is 0 Å².